The minimum atomic E-state index is 0.237. The first-order valence-corrected chi connectivity index (χ1v) is 5.74. The molecule has 0 aromatic carbocycles. The van der Waals surface area contributed by atoms with E-state index in [-0.39, 0.29) is 5.78 Å². The van der Waals surface area contributed by atoms with Crippen LogP contribution in [-0.2, 0) is 4.79 Å². The molecule has 0 unspecified atom stereocenters. The predicted molar refractivity (Wildman–Crippen MR) is 60.2 cm³/mol. The maximum absolute atomic E-state index is 11.6. The predicted octanol–water partition coefficient (Wildman–Crippen LogP) is 3.80. The van der Waals surface area contributed by atoms with Crippen LogP contribution in [0, 0.1) is 0 Å². The average molecular weight is 192 g/mol. The van der Waals surface area contributed by atoms with Gasteiger partial charge in [0.15, 0.2) is 5.78 Å². The lowest BCUT2D eigenvalue weighted by Gasteiger charge is -2.08. The summed E-state index contributed by atoms with van der Waals surface area (Å²) in [6.45, 7) is 2.17. The molecule has 0 atom stereocenters. The van der Waals surface area contributed by atoms with Crippen LogP contribution < -0.4 is 0 Å². The Kier molecular flexibility index (Phi) is 5.28. The van der Waals surface area contributed by atoms with Gasteiger partial charge in [0.2, 0.25) is 0 Å². The van der Waals surface area contributed by atoms with Gasteiger partial charge in [0.1, 0.15) is 0 Å². The van der Waals surface area contributed by atoms with Crippen LogP contribution in [0.3, 0.4) is 0 Å². The van der Waals surface area contributed by atoms with Crippen molar-refractivity contribution >= 4 is 5.78 Å². The van der Waals surface area contributed by atoms with Crippen LogP contribution in [0.25, 0.3) is 0 Å². The van der Waals surface area contributed by atoms with Gasteiger partial charge in [0.05, 0.1) is 0 Å². The minimum Gasteiger partial charge on any atom is -0.290 e. The fourth-order valence-electron chi connectivity index (χ4n) is 1.68. The first kappa shape index (κ1) is 11.2. The third-order valence-electron chi connectivity index (χ3n) is 2.60. The zero-order valence-electron chi connectivity index (χ0n) is 9.09. The van der Waals surface area contributed by atoms with E-state index in [0.29, 0.717) is 0 Å². The summed E-state index contributed by atoms with van der Waals surface area (Å²) in [5.41, 5.74) is 1.03. The van der Waals surface area contributed by atoms with E-state index in [9.17, 15) is 4.79 Å². The highest BCUT2D eigenvalue weighted by Crippen LogP contribution is 2.18. The van der Waals surface area contributed by atoms with Crippen molar-refractivity contribution in [3.63, 3.8) is 0 Å². The van der Waals surface area contributed by atoms with Gasteiger partial charge in [-0.25, -0.2) is 0 Å². The fourth-order valence-corrected chi connectivity index (χ4v) is 1.68. The van der Waals surface area contributed by atoms with Crippen LogP contribution in [0.15, 0.2) is 23.8 Å². The van der Waals surface area contributed by atoms with Crippen molar-refractivity contribution in [2.75, 3.05) is 0 Å². The second kappa shape index (κ2) is 6.58. The highest BCUT2D eigenvalue weighted by atomic mass is 16.1. The molecule has 0 heterocycles. The summed E-state index contributed by atoms with van der Waals surface area (Å²) in [7, 11) is 0. The average Bonchev–Trinajstić information content (AvgIpc) is 2.25. The number of unbranched alkanes of at least 4 members (excludes halogenated alkanes) is 2. The van der Waals surface area contributed by atoms with Crippen LogP contribution in [0.1, 0.15) is 51.9 Å². The second-order valence-electron chi connectivity index (χ2n) is 3.88. The Morgan fingerprint density at radius 3 is 3.00 bits per heavy atom. The van der Waals surface area contributed by atoms with E-state index in [1.54, 1.807) is 6.08 Å². The third-order valence-corrected chi connectivity index (χ3v) is 2.60. The summed E-state index contributed by atoms with van der Waals surface area (Å²) >= 11 is 0. The zero-order chi connectivity index (χ0) is 10.2. The molecule has 14 heavy (non-hydrogen) atoms. The molecule has 1 nitrogen and oxygen atoms in total. The van der Waals surface area contributed by atoms with Crippen molar-refractivity contribution < 1.29 is 4.79 Å². The van der Waals surface area contributed by atoms with Crippen LogP contribution in [-0.4, -0.2) is 5.78 Å². The molecule has 0 radical (unpaired) electrons. The topological polar surface area (TPSA) is 17.1 Å². The molecule has 0 fully saturated rings. The maximum atomic E-state index is 11.6. The van der Waals surface area contributed by atoms with Crippen LogP contribution in [0.5, 0.6) is 0 Å². The number of hydrogen-bond donors (Lipinski definition) is 0. The molecule has 1 rings (SSSR count). The van der Waals surface area contributed by atoms with Crippen molar-refractivity contribution in [3.8, 4) is 0 Å². The highest BCUT2D eigenvalue weighted by Gasteiger charge is 2.08. The van der Waals surface area contributed by atoms with E-state index in [2.05, 4.69) is 13.0 Å². The quantitative estimate of drug-likeness (QED) is 0.478. The molecule has 0 N–H and O–H groups in total. The summed E-state index contributed by atoms with van der Waals surface area (Å²) in [5, 5.41) is 0. The van der Waals surface area contributed by atoms with Gasteiger partial charge in [0.25, 0.3) is 0 Å². The molecule has 0 saturated carbocycles. The van der Waals surface area contributed by atoms with Gasteiger partial charge < -0.3 is 0 Å². The normalized spacial score (nSPS) is 17.1. The number of carbonyl (C=O) groups is 1. The summed E-state index contributed by atoms with van der Waals surface area (Å²) in [5.74, 6) is 0.237. The summed E-state index contributed by atoms with van der Waals surface area (Å²) in [6.07, 6.45) is 13.8. The summed E-state index contributed by atoms with van der Waals surface area (Å²) in [6, 6.07) is 0. The maximum Gasteiger partial charge on any atom is 0.181 e. The van der Waals surface area contributed by atoms with Gasteiger partial charge in [-0.15, -0.1) is 0 Å². The minimum absolute atomic E-state index is 0.237. The standard InChI is InChI=1S/C13H20O/c1-2-3-4-8-11-13(14)12-9-6-5-7-10-12/h8-9,11H,2-7,10H2,1H3/b11-8+. The van der Waals surface area contributed by atoms with Crippen molar-refractivity contribution in [1.29, 1.82) is 0 Å². The Balaban J connectivity index is 2.33. The highest BCUT2D eigenvalue weighted by molar-refractivity contribution is 6.03. The Bertz CT molecular complexity index is 236. The van der Waals surface area contributed by atoms with E-state index < -0.39 is 0 Å². The number of allylic oxidation sites excluding steroid dienone is 4. The van der Waals surface area contributed by atoms with Gasteiger partial charge in [-0.1, -0.05) is 31.9 Å². The SMILES string of the molecule is CCCC/C=C/C(=O)C1=CCCCC1. The molecule has 0 bridgehead atoms. The van der Waals surface area contributed by atoms with Crippen LogP contribution >= 0.6 is 0 Å². The Hall–Kier alpha value is -0.850. The molecule has 0 amide bonds. The molecule has 1 aliphatic carbocycles. The molecule has 1 aliphatic rings. The number of ketones is 1. The van der Waals surface area contributed by atoms with E-state index >= 15 is 0 Å². The van der Waals surface area contributed by atoms with Gasteiger partial charge in [-0.05, 0) is 43.8 Å². The number of rotatable bonds is 5. The van der Waals surface area contributed by atoms with Gasteiger partial charge in [0, 0.05) is 0 Å². The first-order chi connectivity index (χ1) is 6.84. The molecular formula is C13H20O. The van der Waals surface area contributed by atoms with Crippen molar-refractivity contribution in [2.45, 2.75) is 51.9 Å². The Morgan fingerprint density at radius 2 is 2.36 bits per heavy atom. The summed E-state index contributed by atoms with van der Waals surface area (Å²) < 4.78 is 0. The summed E-state index contributed by atoms with van der Waals surface area (Å²) in [4.78, 5) is 11.6. The molecule has 78 valence electrons. The lowest BCUT2D eigenvalue weighted by Crippen LogP contribution is -2.02. The van der Waals surface area contributed by atoms with Gasteiger partial charge in [-0.2, -0.15) is 0 Å². The second-order valence-corrected chi connectivity index (χ2v) is 3.88. The Morgan fingerprint density at radius 1 is 1.50 bits per heavy atom. The van der Waals surface area contributed by atoms with Gasteiger partial charge >= 0.3 is 0 Å². The lowest BCUT2D eigenvalue weighted by molar-refractivity contribution is -0.111. The monoisotopic (exact) mass is 192 g/mol. The zero-order valence-corrected chi connectivity index (χ0v) is 9.09. The fraction of sp³-hybridized carbons (Fsp3) is 0.615. The van der Waals surface area contributed by atoms with Crippen molar-refractivity contribution in [1.82, 2.24) is 0 Å². The van der Waals surface area contributed by atoms with Crippen LogP contribution in [0.4, 0.5) is 0 Å². The van der Waals surface area contributed by atoms with Crippen LogP contribution in [0.2, 0.25) is 0 Å². The third kappa shape index (κ3) is 3.91. The van der Waals surface area contributed by atoms with Crippen molar-refractivity contribution in [3.05, 3.63) is 23.8 Å². The molecule has 0 aromatic heterocycles. The lowest BCUT2D eigenvalue weighted by atomic mass is 9.96. The van der Waals surface area contributed by atoms with E-state index in [1.165, 1.54) is 25.7 Å². The molecule has 0 saturated heterocycles. The largest absolute Gasteiger partial charge is 0.290 e. The number of carbonyl (C=O) groups excluding carboxylic acids is 1. The van der Waals surface area contributed by atoms with E-state index in [1.807, 2.05) is 6.08 Å². The van der Waals surface area contributed by atoms with Crippen molar-refractivity contribution in [2.24, 2.45) is 0 Å². The molecular weight excluding hydrogens is 172 g/mol. The van der Waals surface area contributed by atoms with E-state index in [0.717, 1.165) is 24.8 Å². The molecule has 1 heteroatoms. The molecule has 0 aliphatic heterocycles. The molecule has 0 aromatic rings. The Labute approximate surface area is 86.9 Å². The van der Waals surface area contributed by atoms with Gasteiger partial charge in [-0.3, -0.25) is 4.79 Å². The molecule has 0 spiro atoms. The smallest absolute Gasteiger partial charge is 0.181 e. The van der Waals surface area contributed by atoms with E-state index in [4.69, 9.17) is 0 Å². The first-order valence-electron chi connectivity index (χ1n) is 5.74. The number of hydrogen-bond acceptors (Lipinski definition) is 1.